The number of aromatic nitrogens is 4. The predicted molar refractivity (Wildman–Crippen MR) is 107 cm³/mol. The molecule has 9 nitrogen and oxygen atoms in total. The van der Waals surface area contributed by atoms with E-state index in [0.29, 0.717) is 36.3 Å². The first-order chi connectivity index (χ1) is 13.2. The average Bonchev–Trinajstić information content (AvgIpc) is 3.16. The Morgan fingerprint density at radius 1 is 1.21 bits per heavy atom. The Hall–Kier alpha value is -3.35. The van der Waals surface area contributed by atoms with Gasteiger partial charge in [0.1, 0.15) is 23.4 Å². The van der Waals surface area contributed by atoms with E-state index in [0.717, 1.165) is 17.7 Å². The maximum Gasteiger partial charge on any atom is 0.158 e. The molecule has 146 valence electrons. The Morgan fingerprint density at radius 2 is 2.04 bits per heavy atom. The van der Waals surface area contributed by atoms with Crippen LogP contribution in [0.5, 0.6) is 11.5 Å². The van der Waals surface area contributed by atoms with Gasteiger partial charge in [-0.05, 0) is 25.1 Å². The van der Waals surface area contributed by atoms with Crippen molar-refractivity contribution in [2.24, 2.45) is 5.73 Å². The highest BCUT2D eigenvalue weighted by atomic mass is 35.5. The van der Waals surface area contributed by atoms with E-state index in [2.05, 4.69) is 25.5 Å². The second-order valence-corrected chi connectivity index (χ2v) is 5.51. The van der Waals surface area contributed by atoms with Crippen LogP contribution in [0.3, 0.4) is 0 Å². The predicted octanol–water partition coefficient (Wildman–Crippen LogP) is 2.64. The van der Waals surface area contributed by atoms with Gasteiger partial charge < -0.3 is 20.5 Å². The molecule has 0 spiro atoms. The number of methoxy groups -OCH3 is 1. The zero-order valence-corrected chi connectivity index (χ0v) is 16.0. The summed E-state index contributed by atoms with van der Waals surface area (Å²) in [4.78, 5) is 8.08. The van der Waals surface area contributed by atoms with Gasteiger partial charge in [0, 0.05) is 6.07 Å². The monoisotopic (exact) mass is 401 g/mol. The summed E-state index contributed by atoms with van der Waals surface area (Å²) in [5.41, 5.74) is 7.27. The average molecular weight is 402 g/mol. The largest absolute Gasteiger partial charge is 0.496 e. The third-order valence-corrected chi connectivity index (χ3v) is 3.68. The third-order valence-electron chi connectivity index (χ3n) is 3.68. The van der Waals surface area contributed by atoms with Gasteiger partial charge in [-0.2, -0.15) is 10.4 Å². The topological polar surface area (TPSA) is 135 Å². The van der Waals surface area contributed by atoms with E-state index in [4.69, 9.17) is 20.5 Å². The van der Waals surface area contributed by atoms with Crippen LogP contribution >= 0.6 is 12.4 Å². The zero-order valence-electron chi connectivity index (χ0n) is 15.2. The van der Waals surface area contributed by atoms with Gasteiger partial charge in [-0.3, -0.25) is 5.10 Å². The van der Waals surface area contributed by atoms with Gasteiger partial charge in [0.2, 0.25) is 0 Å². The standard InChI is InChI=1S/C18H19N7O2.ClH/c1-26-14-4-2-5-15(27-7-3-6-19)18(14)13-8-16(25-24-13)23-17-11-21-12(9-20)10-22-17;/h2,4-5,8,10-11H,3,6-7,19H2,1H3,(H2,22,23,24,25);1H. The summed E-state index contributed by atoms with van der Waals surface area (Å²) in [5.74, 6) is 2.36. The van der Waals surface area contributed by atoms with E-state index in [1.165, 1.54) is 12.4 Å². The first-order valence-electron chi connectivity index (χ1n) is 8.30. The molecule has 3 rings (SSSR count). The molecule has 4 N–H and O–H groups in total. The smallest absolute Gasteiger partial charge is 0.158 e. The lowest BCUT2D eigenvalue weighted by Gasteiger charge is -2.13. The lowest BCUT2D eigenvalue weighted by atomic mass is 10.1. The van der Waals surface area contributed by atoms with Crippen LogP contribution in [0, 0.1) is 11.3 Å². The number of anilines is 2. The summed E-state index contributed by atoms with van der Waals surface area (Å²) in [6.45, 7) is 1.07. The van der Waals surface area contributed by atoms with E-state index >= 15 is 0 Å². The number of nitrogens with two attached hydrogens (primary N) is 1. The van der Waals surface area contributed by atoms with Gasteiger partial charge in [0.15, 0.2) is 11.5 Å². The van der Waals surface area contributed by atoms with Crippen molar-refractivity contribution in [2.45, 2.75) is 6.42 Å². The van der Waals surface area contributed by atoms with Crippen LogP contribution in [0.4, 0.5) is 11.6 Å². The minimum atomic E-state index is 0. The van der Waals surface area contributed by atoms with Crippen molar-refractivity contribution in [1.82, 2.24) is 20.2 Å². The van der Waals surface area contributed by atoms with E-state index in [-0.39, 0.29) is 18.1 Å². The van der Waals surface area contributed by atoms with Gasteiger partial charge >= 0.3 is 0 Å². The molecule has 2 aromatic heterocycles. The summed E-state index contributed by atoms with van der Waals surface area (Å²) in [7, 11) is 1.60. The molecular formula is C18H20ClN7O2. The minimum absolute atomic E-state index is 0. The van der Waals surface area contributed by atoms with Crippen LogP contribution in [0.1, 0.15) is 12.1 Å². The molecule has 0 aliphatic carbocycles. The highest BCUT2D eigenvalue weighted by molar-refractivity contribution is 5.85. The highest BCUT2D eigenvalue weighted by Gasteiger charge is 2.16. The van der Waals surface area contributed by atoms with Gasteiger partial charge in [0.25, 0.3) is 0 Å². The lowest BCUT2D eigenvalue weighted by molar-refractivity contribution is 0.312. The van der Waals surface area contributed by atoms with E-state index < -0.39 is 0 Å². The van der Waals surface area contributed by atoms with Crippen molar-refractivity contribution in [3.05, 3.63) is 42.4 Å². The van der Waals surface area contributed by atoms with Crippen molar-refractivity contribution >= 4 is 24.0 Å². The summed E-state index contributed by atoms with van der Waals surface area (Å²) < 4.78 is 11.3. The van der Waals surface area contributed by atoms with Crippen molar-refractivity contribution in [1.29, 1.82) is 5.26 Å². The van der Waals surface area contributed by atoms with Crippen LogP contribution in [0.2, 0.25) is 0 Å². The molecule has 0 fully saturated rings. The van der Waals surface area contributed by atoms with Crippen molar-refractivity contribution in [3.8, 4) is 28.8 Å². The molecule has 0 aliphatic rings. The summed E-state index contributed by atoms with van der Waals surface area (Å²) in [5, 5.41) is 19.0. The number of rotatable bonds is 8. The summed E-state index contributed by atoms with van der Waals surface area (Å²) >= 11 is 0. The fourth-order valence-electron chi connectivity index (χ4n) is 2.43. The van der Waals surface area contributed by atoms with Crippen molar-refractivity contribution in [3.63, 3.8) is 0 Å². The third kappa shape index (κ3) is 4.88. The number of benzene rings is 1. The molecule has 0 atom stereocenters. The molecule has 0 amide bonds. The number of nitriles is 1. The normalized spacial score (nSPS) is 9.89. The number of hydrogen-bond acceptors (Lipinski definition) is 8. The lowest BCUT2D eigenvalue weighted by Crippen LogP contribution is -2.07. The highest BCUT2D eigenvalue weighted by Crippen LogP contribution is 2.38. The molecule has 0 saturated heterocycles. The van der Waals surface area contributed by atoms with Gasteiger partial charge in [-0.1, -0.05) is 6.07 Å². The number of hydrogen-bond donors (Lipinski definition) is 3. The minimum Gasteiger partial charge on any atom is -0.496 e. The Balaban J connectivity index is 0.00000280. The summed E-state index contributed by atoms with van der Waals surface area (Å²) in [6, 6.07) is 9.32. The van der Waals surface area contributed by atoms with Crippen molar-refractivity contribution < 1.29 is 9.47 Å². The molecule has 10 heteroatoms. The van der Waals surface area contributed by atoms with Crippen molar-refractivity contribution in [2.75, 3.05) is 25.6 Å². The molecule has 0 bridgehead atoms. The summed E-state index contributed by atoms with van der Waals surface area (Å²) in [6.07, 6.45) is 3.61. The maximum atomic E-state index is 8.78. The van der Waals surface area contributed by atoms with E-state index in [1.807, 2.05) is 30.3 Å². The quantitative estimate of drug-likeness (QED) is 0.490. The second kappa shape index (κ2) is 10.1. The van der Waals surface area contributed by atoms with Crippen LogP contribution in [-0.2, 0) is 0 Å². The first-order valence-corrected chi connectivity index (χ1v) is 8.30. The molecule has 28 heavy (non-hydrogen) atoms. The fourth-order valence-corrected chi connectivity index (χ4v) is 2.43. The number of nitrogens with one attached hydrogen (secondary N) is 2. The Bertz CT molecular complexity index is 938. The number of ether oxygens (including phenoxy) is 2. The van der Waals surface area contributed by atoms with Crippen LogP contribution in [0.25, 0.3) is 11.3 Å². The van der Waals surface area contributed by atoms with Gasteiger partial charge in [-0.15, -0.1) is 12.4 Å². The molecule has 2 heterocycles. The van der Waals surface area contributed by atoms with Crippen LogP contribution in [0.15, 0.2) is 36.7 Å². The fraction of sp³-hybridized carbons (Fsp3) is 0.222. The second-order valence-electron chi connectivity index (χ2n) is 5.51. The molecule has 0 unspecified atom stereocenters. The molecule has 0 radical (unpaired) electrons. The Morgan fingerprint density at radius 3 is 2.71 bits per heavy atom. The Kier molecular flexibility index (Phi) is 7.56. The molecule has 3 aromatic rings. The number of nitrogens with zero attached hydrogens (tertiary/aromatic N) is 4. The molecule has 1 aromatic carbocycles. The van der Waals surface area contributed by atoms with Crippen LogP contribution < -0.4 is 20.5 Å². The van der Waals surface area contributed by atoms with Gasteiger partial charge in [-0.25, -0.2) is 9.97 Å². The first kappa shape index (κ1) is 21.0. The number of aromatic amines is 1. The molecule has 0 aliphatic heterocycles. The Labute approximate surface area is 168 Å². The SMILES string of the molecule is COc1cccc(OCCCN)c1-c1cc(Nc2cnc(C#N)cn2)n[nH]1.Cl. The number of H-pyrrole nitrogens is 1. The maximum absolute atomic E-state index is 8.78. The van der Waals surface area contributed by atoms with E-state index in [1.54, 1.807) is 7.11 Å². The zero-order chi connectivity index (χ0) is 19.1. The molecular weight excluding hydrogens is 382 g/mol. The van der Waals surface area contributed by atoms with Gasteiger partial charge in [0.05, 0.1) is 37.4 Å². The van der Waals surface area contributed by atoms with E-state index in [9.17, 15) is 0 Å². The number of halogens is 1. The molecule has 0 saturated carbocycles. The van der Waals surface area contributed by atoms with Crippen LogP contribution in [-0.4, -0.2) is 40.4 Å².